The lowest BCUT2D eigenvalue weighted by atomic mass is 9.98. The Hall–Kier alpha value is -3.73. The second-order valence-electron chi connectivity index (χ2n) is 9.40. The first kappa shape index (κ1) is 28.3. The molecule has 2 aromatic carbocycles. The number of halogens is 4. The summed E-state index contributed by atoms with van der Waals surface area (Å²) >= 11 is 0. The number of oxazole rings is 1. The van der Waals surface area contributed by atoms with E-state index in [1.165, 1.54) is 23.3 Å². The molecule has 39 heavy (non-hydrogen) atoms. The molecule has 7 nitrogen and oxygen atoms in total. The smallest absolute Gasteiger partial charge is 0.416 e. The zero-order valence-corrected chi connectivity index (χ0v) is 21.4. The fraction of sp³-hybridized carbons (Fsp3) is 0.393. The van der Waals surface area contributed by atoms with Crippen LogP contribution < -0.4 is 0 Å². The number of carbonyl (C=O) groups is 2. The van der Waals surface area contributed by atoms with E-state index >= 15 is 0 Å². The number of alkyl halides is 3. The number of amides is 1. The fourth-order valence-electron chi connectivity index (χ4n) is 4.59. The number of rotatable bonds is 9. The molecule has 1 amide bonds. The number of carbonyl (C=O) groups excluding carboxylic acids is 2. The minimum Gasteiger partial charge on any atom is -0.466 e. The van der Waals surface area contributed by atoms with Gasteiger partial charge in [0.25, 0.3) is 5.91 Å². The molecular formula is C28H29F4N3O4. The maximum Gasteiger partial charge on any atom is 0.416 e. The fourth-order valence-corrected chi connectivity index (χ4v) is 4.59. The number of esters is 1. The van der Waals surface area contributed by atoms with Crippen molar-refractivity contribution in [3.05, 3.63) is 88.9 Å². The molecule has 2 heterocycles. The van der Waals surface area contributed by atoms with Gasteiger partial charge in [-0.1, -0.05) is 36.4 Å². The number of benzene rings is 2. The van der Waals surface area contributed by atoms with Crippen LogP contribution in [0.3, 0.4) is 0 Å². The molecule has 4 rings (SSSR count). The lowest BCUT2D eigenvalue weighted by molar-refractivity contribution is -0.149. The van der Waals surface area contributed by atoms with Crippen LogP contribution in [0, 0.1) is 11.7 Å². The summed E-state index contributed by atoms with van der Waals surface area (Å²) in [5, 5.41) is 0. The Balaban J connectivity index is 1.50. The van der Waals surface area contributed by atoms with Crippen LogP contribution in [-0.4, -0.2) is 46.4 Å². The van der Waals surface area contributed by atoms with Gasteiger partial charge in [-0.25, -0.2) is 9.37 Å². The first-order valence-electron chi connectivity index (χ1n) is 12.7. The van der Waals surface area contributed by atoms with E-state index in [2.05, 4.69) is 4.98 Å². The summed E-state index contributed by atoms with van der Waals surface area (Å²) in [6.45, 7) is 2.81. The molecular weight excluding hydrogens is 518 g/mol. The number of ether oxygens (including phenoxy) is 1. The third-order valence-corrected chi connectivity index (χ3v) is 6.47. The van der Waals surface area contributed by atoms with Crippen molar-refractivity contribution in [2.75, 3.05) is 19.7 Å². The van der Waals surface area contributed by atoms with E-state index in [1.54, 1.807) is 36.1 Å². The highest BCUT2D eigenvalue weighted by atomic mass is 19.4. The number of piperidine rings is 1. The Morgan fingerprint density at radius 3 is 2.67 bits per heavy atom. The standard InChI is InChI=1S/C28H29F4N3O4/c1-2-38-27(37)21-9-6-12-35(16-21)26(36)24-18-39-25(33-24)17-34(15-20-8-3-4-11-23(20)29)14-19-7-5-10-22(13-19)28(30,31)32/h3-5,7-8,10-11,13,18,21H,2,6,9,12,14-17H2,1H3/t21-/m0/s1. The summed E-state index contributed by atoms with van der Waals surface area (Å²) in [5.41, 5.74) is 0.00456. The average Bonchev–Trinajstić information content (AvgIpc) is 3.38. The Morgan fingerprint density at radius 1 is 1.13 bits per heavy atom. The number of hydrogen-bond donors (Lipinski definition) is 0. The molecule has 3 aromatic rings. The summed E-state index contributed by atoms with van der Waals surface area (Å²) < 4.78 is 64.8. The molecule has 0 N–H and O–H groups in total. The topological polar surface area (TPSA) is 75.9 Å². The van der Waals surface area contributed by atoms with Crippen LogP contribution in [-0.2, 0) is 35.3 Å². The van der Waals surface area contributed by atoms with Crippen LogP contribution in [0.15, 0.2) is 59.2 Å². The predicted octanol–water partition coefficient (Wildman–Crippen LogP) is 5.45. The third kappa shape index (κ3) is 7.44. The van der Waals surface area contributed by atoms with E-state index in [0.717, 1.165) is 12.1 Å². The normalized spacial score (nSPS) is 15.9. The van der Waals surface area contributed by atoms with Crippen molar-refractivity contribution >= 4 is 11.9 Å². The van der Waals surface area contributed by atoms with E-state index in [1.807, 2.05) is 0 Å². The van der Waals surface area contributed by atoms with Crippen molar-refractivity contribution < 1.29 is 36.3 Å². The highest BCUT2D eigenvalue weighted by Gasteiger charge is 2.32. The van der Waals surface area contributed by atoms with E-state index in [-0.39, 0.29) is 50.3 Å². The van der Waals surface area contributed by atoms with Gasteiger partial charge in [0, 0.05) is 31.7 Å². The molecule has 1 aliphatic heterocycles. The molecule has 1 aromatic heterocycles. The van der Waals surface area contributed by atoms with Gasteiger partial charge in [-0.3, -0.25) is 14.5 Å². The summed E-state index contributed by atoms with van der Waals surface area (Å²) in [5.74, 6) is -1.43. The van der Waals surface area contributed by atoms with Gasteiger partial charge < -0.3 is 14.1 Å². The number of hydrogen-bond acceptors (Lipinski definition) is 6. The molecule has 11 heteroatoms. The molecule has 1 saturated heterocycles. The number of aromatic nitrogens is 1. The van der Waals surface area contributed by atoms with E-state index in [4.69, 9.17) is 9.15 Å². The Bertz CT molecular complexity index is 1290. The second kappa shape index (κ2) is 12.4. The van der Waals surface area contributed by atoms with Gasteiger partial charge in [-0.05, 0) is 37.5 Å². The number of likely N-dealkylation sites (tertiary alicyclic amines) is 1. The van der Waals surface area contributed by atoms with Crippen LogP contribution in [0.25, 0.3) is 0 Å². The Labute approximate surface area is 223 Å². The zero-order chi connectivity index (χ0) is 28.0. The van der Waals surface area contributed by atoms with Crippen molar-refractivity contribution in [3.8, 4) is 0 Å². The molecule has 1 atom stereocenters. The van der Waals surface area contributed by atoms with Crippen molar-refractivity contribution in [2.45, 2.75) is 45.6 Å². The lowest BCUT2D eigenvalue weighted by Gasteiger charge is -2.30. The van der Waals surface area contributed by atoms with Crippen LogP contribution in [0.4, 0.5) is 17.6 Å². The van der Waals surface area contributed by atoms with Gasteiger partial charge in [0.15, 0.2) is 5.69 Å². The zero-order valence-electron chi connectivity index (χ0n) is 21.4. The lowest BCUT2D eigenvalue weighted by Crippen LogP contribution is -2.43. The quantitative estimate of drug-likeness (QED) is 0.262. The first-order chi connectivity index (χ1) is 18.6. The van der Waals surface area contributed by atoms with Gasteiger partial charge in [0.2, 0.25) is 5.89 Å². The van der Waals surface area contributed by atoms with Gasteiger partial charge >= 0.3 is 12.1 Å². The molecule has 0 radical (unpaired) electrons. The van der Waals surface area contributed by atoms with Crippen LogP contribution in [0.1, 0.15) is 52.8 Å². The van der Waals surface area contributed by atoms with Crippen molar-refractivity contribution in [1.29, 1.82) is 0 Å². The van der Waals surface area contributed by atoms with Crippen molar-refractivity contribution in [2.24, 2.45) is 5.92 Å². The predicted molar refractivity (Wildman–Crippen MR) is 133 cm³/mol. The van der Waals surface area contributed by atoms with Crippen LogP contribution >= 0.6 is 0 Å². The average molecular weight is 548 g/mol. The summed E-state index contributed by atoms with van der Waals surface area (Å²) in [6, 6.07) is 11.0. The minimum atomic E-state index is -4.50. The van der Waals surface area contributed by atoms with Gasteiger partial charge in [-0.2, -0.15) is 13.2 Å². The Kier molecular flexibility index (Phi) is 9.01. The molecule has 0 unspecified atom stereocenters. The molecule has 1 fully saturated rings. The summed E-state index contributed by atoms with van der Waals surface area (Å²) in [4.78, 5) is 32.7. The van der Waals surface area contributed by atoms with Gasteiger partial charge in [0.05, 0.1) is 24.6 Å². The third-order valence-electron chi connectivity index (χ3n) is 6.47. The van der Waals surface area contributed by atoms with Gasteiger partial charge in [0.1, 0.15) is 12.1 Å². The summed E-state index contributed by atoms with van der Waals surface area (Å²) in [6.07, 6.45) is -2.00. The van der Waals surface area contributed by atoms with Crippen LogP contribution in [0.2, 0.25) is 0 Å². The van der Waals surface area contributed by atoms with E-state index in [9.17, 15) is 27.2 Å². The van der Waals surface area contributed by atoms with E-state index in [0.29, 0.717) is 30.5 Å². The molecule has 0 bridgehead atoms. The van der Waals surface area contributed by atoms with Crippen molar-refractivity contribution in [1.82, 2.24) is 14.8 Å². The summed E-state index contributed by atoms with van der Waals surface area (Å²) in [7, 11) is 0. The van der Waals surface area contributed by atoms with Crippen molar-refractivity contribution in [3.63, 3.8) is 0 Å². The highest BCUT2D eigenvalue weighted by molar-refractivity contribution is 5.92. The molecule has 0 aliphatic carbocycles. The molecule has 1 aliphatic rings. The largest absolute Gasteiger partial charge is 0.466 e. The minimum absolute atomic E-state index is 0.0172. The maximum atomic E-state index is 14.4. The molecule has 0 saturated carbocycles. The highest BCUT2D eigenvalue weighted by Crippen LogP contribution is 2.30. The van der Waals surface area contributed by atoms with Gasteiger partial charge in [-0.15, -0.1) is 0 Å². The second-order valence-corrected chi connectivity index (χ2v) is 9.40. The molecule has 208 valence electrons. The molecule has 0 spiro atoms. The first-order valence-corrected chi connectivity index (χ1v) is 12.7. The maximum absolute atomic E-state index is 14.4. The SMILES string of the molecule is CCOC(=O)[C@H]1CCCN(C(=O)c2coc(CN(Cc3cccc(C(F)(F)F)c3)Cc3ccccc3F)n2)C1. The van der Waals surface area contributed by atoms with E-state index < -0.39 is 29.4 Å². The number of nitrogens with zero attached hydrogens (tertiary/aromatic N) is 3. The monoisotopic (exact) mass is 547 g/mol. The van der Waals surface area contributed by atoms with Crippen LogP contribution in [0.5, 0.6) is 0 Å². The Morgan fingerprint density at radius 2 is 1.92 bits per heavy atom.